The Bertz CT molecular complexity index is 1000. The molecule has 112 valence electrons. The molecule has 0 amide bonds. The molecule has 3 aromatic heterocycles. The van der Waals surface area contributed by atoms with Crippen molar-refractivity contribution < 1.29 is 0 Å². The number of hydrogen-bond donors (Lipinski definition) is 0. The van der Waals surface area contributed by atoms with Gasteiger partial charge in [-0.15, -0.1) is 11.3 Å². The fourth-order valence-electron chi connectivity index (χ4n) is 3.30. The first-order valence-electron chi connectivity index (χ1n) is 7.74. The Hall–Kier alpha value is -2.53. The van der Waals surface area contributed by atoms with Gasteiger partial charge in [-0.25, -0.2) is 9.97 Å². The van der Waals surface area contributed by atoms with Crippen molar-refractivity contribution in [3.8, 4) is 22.6 Å². The van der Waals surface area contributed by atoms with Crippen LogP contribution < -0.4 is 0 Å². The minimum atomic E-state index is 0.939. The number of rotatable bonds is 2. The molecule has 5 rings (SSSR count). The van der Waals surface area contributed by atoms with Crippen molar-refractivity contribution in [2.75, 3.05) is 0 Å². The van der Waals surface area contributed by atoms with Gasteiger partial charge in [0, 0.05) is 24.7 Å². The third-order valence-electron chi connectivity index (χ3n) is 4.34. The van der Waals surface area contributed by atoms with E-state index in [0.29, 0.717) is 0 Å². The van der Waals surface area contributed by atoms with Crippen LogP contribution in [-0.4, -0.2) is 19.5 Å². The number of benzene rings is 1. The summed E-state index contributed by atoms with van der Waals surface area (Å²) < 4.78 is 3.56. The highest BCUT2D eigenvalue weighted by atomic mass is 32.1. The Morgan fingerprint density at radius 2 is 2.09 bits per heavy atom. The maximum Gasteiger partial charge on any atom is 0.115 e. The fraction of sp³-hybridized carbons (Fsp3) is 0.167. The zero-order chi connectivity index (χ0) is 15.2. The quantitative estimate of drug-likeness (QED) is 0.557. The first-order chi connectivity index (χ1) is 11.4. The lowest BCUT2D eigenvalue weighted by atomic mass is 10.1. The van der Waals surface area contributed by atoms with Crippen LogP contribution in [0.1, 0.15) is 12.2 Å². The van der Waals surface area contributed by atoms with Gasteiger partial charge in [0.05, 0.1) is 27.1 Å². The number of aromatic nitrogens is 4. The van der Waals surface area contributed by atoms with Gasteiger partial charge < -0.3 is 4.57 Å². The fourth-order valence-corrected chi connectivity index (χ4v) is 4.02. The van der Waals surface area contributed by atoms with Crippen molar-refractivity contribution in [1.29, 1.82) is 0 Å². The second kappa shape index (κ2) is 4.99. The molecule has 0 saturated heterocycles. The van der Waals surface area contributed by atoms with E-state index in [1.165, 1.54) is 28.2 Å². The first-order valence-corrected chi connectivity index (χ1v) is 8.62. The summed E-state index contributed by atoms with van der Waals surface area (Å²) in [4.78, 5) is 13.8. The molecule has 0 atom stereocenters. The predicted octanol–water partition coefficient (Wildman–Crippen LogP) is 4.17. The standard InChI is InChI=1S/C18H14N4S/c1-2-8-19-14(4-1)17-18(22-9-3-5-16(22)21-17)12-6-7-13-15(10-12)23-11-20-13/h1-2,4,6-8,10-11H,3,5,9H2. The number of pyridine rings is 1. The van der Waals surface area contributed by atoms with Crippen LogP contribution in [0, 0.1) is 0 Å². The van der Waals surface area contributed by atoms with Crippen LogP contribution in [0.4, 0.5) is 0 Å². The lowest BCUT2D eigenvalue weighted by molar-refractivity contribution is 0.756. The van der Waals surface area contributed by atoms with Crippen LogP contribution in [0.2, 0.25) is 0 Å². The molecule has 0 saturated carbocycles. The number of fused-ring (bicyclic) bond motifs is 2. The molecule has 0 unspecified atom stereocenters. The van der Waals surface area contributed by atoms with Gasteiger partial charge in [0.1, 0.15) is 11.5 Å². The average molecular weight is 318 g/mol. The van der Waals surface area contributed by atoms with Crippen molar-refractivity contribution in [3.63, 3.8) is 0 Å². The van der Waals surface area contributed by atoms with E-state index in [4.69, 9.17) is 4.98 Å². The van der Waals surface area contributed by atoms with E-state index in [1.54, 1.807) is 11.3 Å². The Morgan fingerprint density at radius 3 is 3.00 bits per heavy atom. The average Bonchev–Trinajstić information content (AvgIpc) is 3.30. The second-order valence-corrected chi connectivity index (χ2v) is 6.62. The zero-order valence-electron chi connectivity index (χ0n) is 12.4. The highest BCUT2D eigenvalue weighted by Crippen LogP contribution is 2.36. The summed E-state index contributed by atoms with van der Waals surface area (Å²) in [5.74, 6) is 1.17. The van der Waals surface area contributed by atoms with Crippen molar-refractivity contribution in [3.05, 3.63) is 53.9 Å². The molecule has 1 aliphatic rings. The van der Waals surface area contributed by atoms with Gasteiger partial charge in [-0.2, -0.15) is 0 Å². The summed E-state index contributed by atoms with van der Waals surface area (Å²) in [5, 5.41) is 0. The van der Waals surface area contributed by atoms with E-state index in [-0.39, 0.29) is 0 Å². The van der Waals surface area contributed by atoms with Crippen LogP contribution in [0.3, 0.4) is 0 Å². The van der Waals surface area contributed by atoms with Crippen molar-refractivity contribution in [2.24, 2.45) is 0 Å². The van der Waals surface area contributed by atoms with Crippen LogP contribution in [-0.2, 0) is 13.0 Å². The number of nitrogens with zero attached hydrogens (tertiary/aromatic N) is 4. The summed E-state index contributed by atoms with van der Waals surface area (Å²) in [6.07, 6.45) is 4.04. The highest BCUT2D eigenvalue weighted by Gasteiger charge is 2.23. The minimum absolute atomic E-state index is 0.939. The van der Waals surface area contributed by atoms with E-state index in [9.17, 15) is 0 Å². The molecule has 0 aliphatic carbocycles. The predicted molar refractivity (Wildman–Crippen MR) is 92.4 cm³/mol. The molecular weight excluding hydrogens is 304 g/mol. The van der Waals surface area contributed by atoms with Crippen molar-refractivity contribution >= 4 is 21.6 Å². The van der Waals surface area contributed by atoms with E-state index in [0.717, 1.165) is 29.9 Å². The molecule has 5 heteroatoms. The molecule has 0 radical (unpaired) electrons. The van der Waals surface area contributed by atoms with Gasteiger partial charge in [0.2, 0.25) is 0 Å². The molecule has 1 aromatic carbocycles. The number of thiazole rings is 1. The minimum Gasteiger partial charge on any atom is -0.327 e. The van der Waals surface area contributed by atoms with Gasteiger partial charge in [-0.3, -0.25) is 4.98 Å². The normalized spacial score (nSPS) is 13.6. The monoisotopic (exact) mass is 318 g/mol. The molecule has 0 fully saturated rings. The van der Waals surface area contributed by atoms with Crippen molar-refractivity contribution in [1.82, 2.24) is 19.5 Å². The van der Waals surface area contributed by atoms with Gasteiger partial charge >= 0.3 is 0 Å². The lowest BCUT2D eigenvalue weighted by Gasteiger charge is -2.08. The third kappa shape index (κ3) is 2.00. The Morgan fingerprint density at radius 1 is 1.09 bits per heavy atom. The number of hydrogen-bond acceptors (Lipinski definition) is 4. The lowest BCUT2D eigenvalue weighted by Crippen LogP contribution is -1.96. The molecule has 0 bridgehead atoms. The van der Waals surface area contributed by atoms with E-state index >= 15 is 0 Å². The van der Waals surface area contributed by atoms with E-state index < -0.39 is 0 Å². The van der Waals surface area contributed by atoms with Gasteiger partial charge in [0.15, 0.2) is 0 Å². The van der Waals surface area contributed by atoms with Gasteiger partial charge in [0.25, 0.3) is 0 Å². The molecule has 1 aliphatic heterocycles. The van der Waals surface area contributed by atoms with Crippen LogP contribution in [0.5, 0.6) is 0 Å². The van der Waals surface area contributed by atoms with E-state index in [2.05, 4.69) is 32.7 Å². The summed E-state index contributed by atoms with van der Waals surface area (Å²) in [5.41, 5.74) is 7.27. The zero-order valence-corrected chi connectivity index (χ0v) is 13.3. The largest absolute Gasteiger partial charge is 0.327 e. The second-order valence-electron chi connectivity index (χ2n) is 5.73. The molecule has 23 heavy (non-hydrogen) atoms. The smallest absolute Gasteiger partial charge is 0.115 e. The maximum absolute atomic E-state index is 4.89. The Balaban J connectivity index is 1.78. The van der Waals surface area contributed by atoms with Crippen LogP contribution in [0.25, 0.3) is 32.9 Å². The topological polar surface area (TPSA) is 43.6 Å². The number of imidazole rings is 1. The van der Waals surface area contributed by atoms with Crippen LogP contribution >= 0.6 is 11.3 Å². The third-order valence-corrected chi connectivity index (χ3v) is 5.13. The molecular formula is C18H14N4S. The van der Waals surface area contributed by atoms with Gasteiger partial charge in [-0.1, -0.05) is 12.1 Å². The van der Waals surface area contributed by atoms with E-state index in [1.807, 2.05) is 29.9 Å². The number of aryl methyl sites for hydroxylation is 1. The van der Waals surface area contributed by atoms with Crippen molar-refractivity contribution in [2.45, 2.75) is 19.4 Å². The Labute approximate surface area is 137 Å². The summed E-state index contributed by atoms with van der Waals surface area (Å²) in [6, 6.07) is 12.5. The van der Waals surface area contributed by atoms with Gasteiger partial charge in [-0.05, 0) is 30.7 Å². The molecule has 4 nitrogen and oxygen atoms in total. The SMILES string of the molecule is c1ccc(-c2nc3n(c2-c2ccc4ncsc4c2)CCC3)nc1. The highest BCUT2D eigenvalue weighted by molar-refractivity contribution is 7.16. The maximum atomic E-state index is 4.89. The molecule has 4 aromatic rings. The summed E-state index contributed by atoms with van der Waals surface area (Å²) in [7, 11) is 0. The summed E-state index contributed by atoms with van der Waals surface area (Å²) >= 11 is 1.68. The molecule has 0 N–H and O–H groups in total. The first kappa shape index (κ1) is 13.0. The molecule has 4 heterocycles. The summed E-state index contributed by atoms with van der Waals surface area (Å²) in [6.45, 7) is 1.03. The molecule has 0 spiro atoms. The van der Waals surface area contributed by atoms with Crippen LogP contribution in [0.15, 0.2) is 48.1 Å². The Kier molecular flexibility index (Phi) is 2.81.